The average Bonchev–Trinajstić information content (AvgIpc) is 3.64. The Morgan fingerprint density at radius 2 is 0.906 bits per heavy atom. The van der Waals surface area contributed by atoms with Gasteiger partial charge in [-0.1, -0.05) is 70.9 Å². The van der Waals surface area contributed by atoms with Gasteiger partial charge in [-0.3, -0.25) is 9.80 Å². The van der Waals surface area contributed by atoms with Crippen LogP contribution in [0.5, 0.6) is 0 Å². The molecule has 280 valence electrons. The Kier molecular flexibility index (Phi) is 16.4. The van der Waals surface area contributed by atoms with Crippen LogP contribution in [0.3, 0.4) is 0 Å². The summed E-state index contributed by atoms with van der Waals surface area (Å²) in [6, 6.07) is 37.1. The molecule has 0 bridgehead atoms. The van der Waals surface area contributed by atoms with Crippen molar-refractivity contribution in [2.45, 2.75) is 25.7 Å². The summed E-state index contributed by atoms with van der Waals surface area (Å²) in [7, 11) is 28.8. The van der Waals surface area contributed by atoms with Crippen LogP contribution in [0.25, 0.3) is 0 Å². The molecule has 0 amide bonds. The number of halogens is 4. The van der Waals surface area contributed by atoms with Crippen molar-refractivity contribution in [2.24, 2.45) is 30.7 Å². The molecule has 2 N–H and O–H groups in total. The number of hydrogen-bond donors (Lipinski definition) is 2. The van der Waals surface area contributed by atoms with Crippen LogP contribution in [0.15, 0.2) is 140 Å². The molecule has 4 unspecified atom stereocenters. The van der Waals surface area contributed by atoms with Gasteiger partial charge in [-0.05, 0) is 59.7 Å². The molecule has 17 heteroatoms. The summed E-state index contributed by atoms with van der Waals surface area (Å²) in [5.74, 6) is 0. The van der Waals surface area contributed by atoms with Crippen LogP contribution in [-0.4, -0.2) is 77.3 Å². The molecule has 4 aromatic carbocycles. The van der Waals surface area contributed by atoms with E-state index < -0.39 is 10.8 Å². The van der Waals surface area contributed by atoms with E-state index in [0.29, 0.717) is 0 Å². The second kappa shape index (κ2) is 20.7. The SMILES string of the molecule is CN(Cc1ccccc1)c1ccc(N=NC2N(C)C=N[NH+]2C)cc1.CN(Cc1ccccc1)c1ccc(N=NC2N(C)C=N[NH+]2C)cc1.[Cl][Zn-2]([Cl])([Cl])[Cl]. The summed E-state index contributed by atoms with van der Waals surface area (Å²) >= 11 is 0. The summed E-state index contributed by atoms with van der Waals surface area (Å²) in [5, 5.41) is 27.8. The molecule has 0 aliphatic carbocycles. The average molecular weight is 854 g/mol. The van der Waals surface area contributed by atoms with Crippen LogP contribution >= 0.6 is 38.8 Å². The fourth-order valence-corrected chi connectivity index (χ4v) is 5.23. The molecule has 12 nitrogen and oxygen atoms in total. The molecule has 2 heterocycles. The monoisotopic (exact) mass is 850 g/mol. The van der Waals surface area contributed by atoms with E-state index in [2.05, 4.69) is 127 Å². The van der Waals surface area contributed by atoms with Crippen molar-refractivity contribution in [3.8, 4) is 0 Å². The van der Waals surface area contributed by atoms with Gasteiger partial charge in [0.15, 0.2) is 12.7 Å². The van der Waals surface area contributed by atoms with Gasteiger partial charge >= 0.3 is 62.2 Å². The third-order valence-electron chi connectivity index (χ3n) is 8.08. The van der Waals surface area contributed by atoms with Gasteiger partial charge in [0.25, 0.3) is 0 Å². The maximum atomic E-state index is 5.05. The van der Waals surface area contributed by atoms with Crippen molar-refractivity contribution >= 4 is 74.2 Å². The van der Waals surface area contributed by atoms with Crippen molar-refractivity contribution in [1.29, 1.82) is 0 Å². The molecule has 2 aliphatic rings. The fraction of sp³-hybridized carbons (Fsp3) is 0.278. The molecule has 0 spiro atoms. The molecule has 53 heavy (non-hydrogen) atoms. The third kappa shape index (κ3) is 14.6. The number of nitrogens with one attached hydrogen (secondary N) is 2. The zero-order valence-corrected chi connectivity index (χ0v) is 36.8. The third-order valence-corrected chi connectivity index (χ3v) is 8.08. The Bertz CT molecular complexity index is 1640. The van der Waals surface area contributed by atoms with E-state index in [-0.39, 0.29) is 12.6 Å². The molecule has 0 saturated heterocycles. The van der Waals surface area contributed by atoms with Gasteiger partial charge in [0.2, 0.25) is 0 Å². The number of quaternary nitrogens is 2. The molecule has 0 saturated carbocycles. The van der Waals surface area contributed by atoms with E-state index in [4.69, 9.17) is 38.8 Å². The summed E-state index contributed by atoms with van der Waals surface area (Å²) in [5.41, 5.74) is 6.58. The van der Waals surface area contributed by atoms with E-state index in [0.717, 1.165) is 45.9 Å². The van der Waals surface area contributed by atoms with E-state index >= 15 is 0 Å². The second-order valence-corrected chi connectivity index (χ2v) is 40.3. The topological polar surface area (TPSA) is 96.0 Å². The number of anilines is 2. The molecule has 2 aliphatic heterocycles. The van der Waals surface area contributed by atoms with E-state index in [1.807, 2.05) is 74.4 Å². The fourth-order valence-electron chi connectivity index (χ4n) is 5.23. The van der Waals surface area contributed by atoms with Gasteiger partial charge < -0.3 is 9.80 Å². The van der Waals surface area contributed by atoms with Crippen LogP contribution in [0.2, 0.25) is 0 Å². The van der Waals surface area contributed by atoms with Crippen LogP contribution in [0, 0.1) is 0 Å². The number of rotatable bonds is 10. The number of hydrogen-bond acceptors (Lipinski definition) is 10. The van der Waals surface area contributed by atoms with Crippen molar-refractivity contribution in [3.05, 3.63) is 120 Å². The Labute approximate surface area is 331 Å². The van der Waals surface area contributed by atoms with Crippen LogP contribution < -0.4 is 19.8 Å². The molecule has 6 rings (SSSR count). The van der Waals surface area contributed by atoms with Crippen LogP contribution in [-0.2, 0) is 23.9 Å². The predicted molar refractivity (Wildman–Crippen MR) is 216 cm³/mol. The molecule has 0 aromatic heterocycles. The van der Waals surface area contributed by atoms with Crippen molar-refractivity contribution in [3.63, 3.8) is 0 Å². The minimum absolute atomic E-state index is 0.0922. The first-order valence-corrected chi connectivity index (χ1v) is 32.6. The number of benzene rings is 4. The molecule has 4 aromatic rings. The Morgan fingerprint density at radius 3 is 1.19 bits per heavy atom. The van der Waals surface area contributed by atoms with E-state index in [1.165, 1.54) is 11.1 Å². The first-order chi connectivity index (χ1) is 25.3. The quantitative estimate of drug-likeness (QED) is 0.134. The second-order valence-electron chi connectivity index (χ2n) is 12.6. The molecule has 0 radical (unpaired) electrons. The minimum atomic E-state index is -3.36. The maximum absolute atomic E-state index is 5.05. The van der Waals surface area contributed by atoms with Gasteiger partial charge in [-0.25, -0.2) is 0 Å². The van der Waals surface area contributed by atoms with Gasteiger partial charge in [-0.2, -0.15) is 10.0 Å². The summed E-state index contributed by atoms with van der Waals surface area (Å²) in [4.78, 5) is 8.32. The first-order valence-electron chi connectivity index (χ1n) is 17.0. The van der Waals surface area contributed by atoms with Crippen molar-refractivity contribution in [1.82, 2.24) is 9.80 Å². The molecule has 4 atom stereocenters. The van der Waals surface area contributed by atoms with Gasteiger partial charge in [-0.15, -0.1) is 20.5 Å². The number of nitrogens with zero attached hydrogens (tertiary/aromatic N) is 10. The van der Waals surface area contributed by atoms with Gasteiger partial charge in [0.1, 0.15) is 0 Å². The van der Waals surface area contributed by atoms with Crippen molar-refractivity contribution in [2.75, 3.05) is 52.1 Å². The van der Waals surface area contributed by atoms with Crippen LogP contribution in [0.4, 0.5) is 22.7 Å². The van der Waals surface area contributed by atoms with Gasteiger partial charge in [0.05, 0.1) is 25.5 Å². The van der Waals surface area contributed by atoms with E-state index in [9.17, 15) is 0 Å². The number of azo groups is 2. The molecular weight excluding hydrogens is 808 g/mol. The Balaban J connectivity index is 0.000000210. The van der Waals surface area contributed by atoms with Gasteiger partial charge in [0, 0.05) is 52.7 Å². The predicted octanol–water partition coefficient (Wildman–Crippen LogP) is 6.94. The standard InChI is InChI=1S/2C18H22N6.4ClH.Zn/c2*1-22(13-15-7-5-4-6-8-15)17-11-9-16(10-12-17)20-21-18-23(2)14-19-24(18)3;;;;;/h2*4-12,14,18H,13H2,1-3H3;4*1H;/q;;;;;;+2/p-2. The summed E-state index contributed by atoms with van der Waals surface area (Å²) < 4.78 is 0. The Hall–Kier alpha value is -3.68. The summed E-state index contributed by atoms with van der Waals surface area (Å²) in [6.07, 6.45) is 3.37. The normalized spacial score (nSPS) is 19.3. The Morgan fingerprint density at radius 1 is 0.585 bits per heavy atom. The zero-order chi connectivity index (χ0) is 38.4. The summed E-state index contributed by atoms with van der Waals surface area (Å²) in [6.45, 7) is 1.75. The van der Waals surface area contributed by atoms with E-state index in [1.54, 1.807) is 12.7 Å². The zero-order valence-electron chi connectivity index (χ0n) is 30.8. The van der Waals surface area contributed by atoms with Crippen molar-refractivity contribution < 1.29 is 20.8 Å². The first kappa shape index (κ1) is 42.1. The van der Waals surface area contributed by atoms with Crippen LogP contribution in [0.1, 0.15) is 11.1 Å². The molecule has 0 fully saturated rings. The molecular formula is C36H46Cl4N12Zn.